The van der Waals surface area contributed by atoms with Crippen LogP contribution >= 0.6 is 0 Å². The highest BCUT2D eigenvalue weighted by atomic mass is 15.2. The number of hydrogen-bond acceptors (Lipinski definition) is 2. The van der Waals surface area contributed by atoms with Gasteiger partial charge in [-0.1, -0.05) is 12.5 Å². The van der Waals surface area contributed by atoms with E-state index < -0.39 is 0 Å². The average molecular weight is 196 g/mol. The van der Waals surface area contributed by atoms with Gasteiger partial charge in [0.2, 0.25) is 0 Å². The molecule has 0 aliphatic carbocycles. The smallest absolute Gasteiger partial charge is 0.0207 e. The highest BCUT2D eigenvalue weighted by molar-refractivity contribution is 4.78. The molecule has 0 saturated carbocycles. The molecule has 0 radical (unpaired) electrons. The van der Waals surface area contributed by atoms with Crippen LogP contribution in [-0.4, -0.2) is 37.6 Å². The van der Waals surface area contributed by atoms with Crippen LogP contribution in [0.4, 0.5) is 0 Å². The van der Waals surface area contributed by atoms with Crippen molar-refractivity contribution in [1.29, 1.82) is 0 Å². The first-order valence-corrected chi connectivity index (χ1v) is 5.85. The first-order chi connectivity index (χ1) is 6.83. The first kappa shape index (κ1) is 11.7. The van der Waals surface area contributed by atoms with Gasteiger partial charge in [-0.05, 0) is 45.8 Å². The second-order valence-electron chi connectivity index (χ2n) is 4.34. The maximum Gasteiger partial charge on any atom is 0.0207 e. The molecule has 1 saturated heterocycles. The van der Waals surface area contributed by atoms with Crippen molar-refractivity contribution < 1.29 is 0 Å². The highest BCUT2D eigenvalue weighted by Gasteiger charge is 2.17. The molecule has 1 aliphatic rings. The van der Waals surface area contributed by atoms with Gasteiger partial charge in [0.25, 0.3) is 0 Å². The summed E-state index contributed by atoms with van der Waals surface area (Å²) in [5, 5.41) is 3.62. The SMILES string of the molecule is C=CCCCCCNC1CCN(C)C1. The van der Waals surface area contributed by atoms with E-state index in [1.54, 1.807) is 0 Å². The maximum atomic E-state index is 3.73. The van der Waals surface area contributed by atoms with Crippen LogP contribution in [0, 0.1) is 0 Å². The molecule has 0 aromatic carbocycles. The van der Waals surface area contributed by atoms with E-state index in [1.807, 2.05) is 6.08 Å². The Morgan fingerprint density at radius 2 is 2.29 bits per heavy atom. The maximum absolute atomic E-state index is 3.73. The molecule has 82 valence electrons. The van der Waals surface area contributed by atoms with Gasteiger partial charge in [-0.3, -0.25) is 0 Å². The van der Waals surface area contributed by atoms with Gasteiger partial charge in [0.05, 0.1) is 0 Å². The third kappa shape index (κ3) is 4.77. The van der Waals surface area contributed by atoms with E-state index in [0.717, 1.165) is 6.04 Å². The fourth-order valence-corrected chi connectivity index (χ4v) is 2.00. The van der Waals surface area contributed by atoms with Gasteiger partial charge >= 0.3 is 0 Å². The molecule has 0 amide bonds. The van der Waals surface area contributed by atoms with Crippen molar-refractivity contribution in [2.24, 2.45) is 0 Å². The monoisotopic (exact) mass is 196 g/mol. The Balaban J connectivity index is 1.86. The van der Waals surface area contributed by atoms with Crippen LogP contribution in [0.1, 0.15) is 32.1 Å². The number of allylic oxidation sites excluding steroid dienone is 1. The summed E-state index contributed by atoms with van der Waals surface area (Å²) in [6.45, 7) is 7.41. The third-order valence-electron chi connectivity index (χ3n) is 2.91. The second kappa shape index (κ2) is 7.02. The summed E-state index contributed by atoms with van der Waals surface area (Å²) in [6.07, 6.45) is 8.46. The summed E-state index contributed by atoms with van der Waals surface area (Å²) in [6, 6.07) is 0.749. The summed E-state index contributed by atoms with van der Waals surface area (Å²) in [5.74, 6) is 0. The Labute approximate surface area is 88.4 Å². The third-order valence-corrected chi connectivity index (χ3v) is 2.91. The lowest BCUT2D eigenvalue weighted by atomic mass is 10.2. The zero-order chi connectivity index (χ0) is 10.2. The Hall–Kier alpha value is -0.340. The fraction of sp³-hybridized carbons (Fsp3) is 0.833. The number of rotatable bonds is 7. The average Bonchev–Trinajstić information content (AvgIpc) is 2.58. The Morgan fingerprint density at radius 3 is 2.93 bits per heavy atom. The normalized spacial score (nSPS) is 22.8. The Bertz CT molecular complexity index is 156. The molecule has 1 heterocycles. The largest absolute Gasteiger partial charge is 0.313 e. The van der Waals surface area contributed by atoms with E-state index in [2.05, 4.69) is 23.8 Å². The molecule has 2 nitrogen and oxygen atoms in total. The number of hydrogen-bond donors (Lipinski definition) is 1. The molecule has 0 spiro atoms. The van der Waals surface area contributed by atoms with Gasteiger partial charge in [0, 0.05) is 12.6 Å². The van der Waals surface area contributed by atoms with Crippen molar-refractivity contribution in [3.63, 3.8) is 0 Å². The van der Waals surface area contributed by atoms with E-state index in [9.17, 15) is 0 Å². The lowest BCUT2D eigenvalue weighted by molar-refractivity contribution is 0.397. The standard InChI is InChI=1S/C12H24N2/c1-3-4-5-6-7-9-13-12-8-10-14(2)11-12/h3,12-13H,1,4-11H2,2H3. The molecule has 2 heteroatoms. The molecule has 1 fully saturated rings. The summed E-state index contributed by atoms with van der Waals surface area (Å²) >= 11 is 0. The number of nitrogens with zero attached hydrogens (tertiary/aromatic N) is 1. The van der Waals surface area contributed by atoms with Crippen LogP contribution in [0.15, 0.2) is 12.7 Å². The Kier molecular flexibility index (Phi) is 5.88. The van der Waals surface area contributed by atoms with E-state index in [1.165, 1.54) is 51.7 Å². The predicted molar refractivity (Wildman–Crippen MR) is 62.6 cm³/mol. The first-order valence-electron chi connectivity index (χ1n) is 5.85. The van der Waals surface area contributed by atoms with E-state index in [4.69, 9.17) is 0 Å². The molecule has 0 bridgehead atoms. The van der Waals surface area contributed by atoms with Crippen molar-refractivity contribution >= 4 is 0 Å². The van der Waals surface area contributed by atoms with Gasteiger partial charge in [-0.15, -0.1) is 6.58 Å². The summed E-state index contributed by atoms with van der Waals surface area (Å²) in [4.78, 5) is 2.40. The van der Waals surface area contributed by atoms with Crippen molar-refractivity contribution in [2.75, 3.05) is 26.7 Å². The lowest BCUT2D eigenvalue weighted by Gasteiger charge is -2.12. The molecule has 0 aromatic heterocycles. The van der Waals surface area contributed by atoms with Gasteiger partial charge in [0.15, 0.2) is 0 Å². The molecule has 1 unspecified atom stereocenters. The predicted octanol–water partition coefficient (Wildman–Crippen LogP) is 2.03. The quantitative estimate of drug-likeness (QED) is 0.495. The van der Waals surface area contributed by atoms with Crippen LogP contribution in [0.3, 0.4) is 0 Å². The van der Waals surface area contributed by atoms with Crippen molar-refractivity contribution in [1.82, 2.24) is 10.2 Å². The molecule has 1 atom stereocenters. The summed E-state index contributed by atoms with van der Waals surface area (Å²) in [5.41, 5.74) is 0. The van der Waals surface area contributed by atoms with Crippen LogP contribution in [0.25, 0.3) is 0 Å². The number of unbranched alkanes of at least 4 members (excludes halogenated alkanes) is 3. The van der Waals surface area contributed by atoms with Gasteiger partial charge in [0.1, 0.15) is 0 Å². The molecule has 1 aliphatic heterocycles. The lowest BCUT2D eigenvalue weighted by Crippen LogP contribution is -2.32. The molecule has 1 N–H and O–H groups in total. The molecule has 14 heavy (non-hydrogen) atoms. The van der Waals surface area contributed by atoms with Crippen molar-refractivity contribution in [2.45, 2.75) is 38.1 Å². The van der Waals surface area contributed by atoms with Crippen LogP contribution in [0.5, 0.6) is 0 Å². The van der Waals surface area contributed by atoms with E-state index in [-0.39, 0.29) is 0 Å². The minimum Gasteiger partial charge on any atom is -0.313 e. The second-order valence-corrected chi connectivity index (χ2v) is 4.34. The zero-order valence-corrected chi connectivity index (χ0v) is 9.47. The van der Waals surface area contributed by atoms with Gasteiger partial charge < -0.3 is 10.2 Å². The number of nitrogens with one attached hydrogen (secondary N) is 1. The van der Waals surface area contributed by atoms with Crippen LogP contribution in [-0.2, 0) is 0 Å². The van der Waals surface area contributed by atoms with Gasteiger partial charge in [-0.2, -0.15) is 0 Å². The molecular weight excluding hydrogens is 172 g/mol. The van der Waals surface area contributed by atoms with E-state index in [0.29, 0.717) is 0 Å². The fourth-order valence-electron chi connectivity index (χ4n) is 2.00. The molecule has 0 aromatic rings. The molecule has 1 rings (SSSR count). The Morgan fingerprint density at radius 1 is 1.43 bits per heavy atom. The minimum absolute atomic E-state index is 0.749. The number of likely N-dealkylation sites (N-methyl/N-ethyl adjacent to an activating group) is 1. The number of likely N-dealkylation sites (tertiary alicyclic amines) is 1. The highest BCUT2D eigenvalue weighted by Crippen LogP contribution is 2.06. The topological polar surface area (TPSA) is 15.3 Å². The van der Waals surface area contributed by atoms with E-state index >= 15 is 0 Å². The minimum atomic E-state index is 0.749. The van der Waals surface area contributed by atoms with Crippen LogP contribution in [0.2, 0.25) is 0 Å². The van der Waals surface area contributed by atoms with Gasteiger partial charge in [-0.25, -0.2) is 0 Å². The van der Waals surface area contributed by atoms with Crippen molar-refractivity contribution in [3.8, 4) is 0 Å². The van der Waals surface area contributed by atoms with Crippen molar-refractivity contribution in [3.05, 3.63) is 12.7 Å². The van der Waals surface area contributed by atoms with Crippen LogP contribution < -0.4 is 5.32 Å². The summed E-state index contributed by atoms with van der Waals surface area (Å²) < 4.78 is 0. The summed E-state index contributed by atoms with van der Waals surface area (Å²) in [7, 11) is 2.20. The molecular formula is C12H24N2. The zero-order valence-electron chi connectivity index (χ0n) is 9.47.